The lowest BCUT2D eigenvalue weighted by Gasteiger charge is -1.91. The molecule has 3 aromatic rings. The molecule has 3 aromatic heterocycles. The number of nitrogens with zero attached hydrogens (tertiary/aromatic N) is 3. The molecular weight excluding hydrogens is 198 g/mol. The van der Waals surface area contributed by atoms with Crippen molar-refractivity contribution in [3.8, 4) is 11.1 Å². The largest absolute Gasteiger partial charge is 0.323 e. The normalized spacial score (nSPS) is 11.1. The number of hydrogen-bond acceptors (Lipinski definition) is 1. The molecule has 3 heterocycles. The maximum absolute atomic E-state index is 4.29. The molecule has 80 valence electrons. The minimum Gasteiger partial charge on any atom is -0.323 e. The van der Waals surface area contributed by atoms with Gasteiger partial charge in [0.05, 0.1) is 6.20 Å². The van der Waals surface area contributed by atoms with Crippen LogP contribution in [0.5, 0.6) is 0 Å². The van der Waals surface area contributed by atoms with Gasteiger partial charge in [0, 0.05) is 41.8 Å². The fourth-order valence-electron chi connectivity index (χ4n) is 1.90. The third-order valence-corrected chi connectivity index (χ3v) is 2.80. The molecular formula is C13H13N3. The predicted molar refractivity (Wildman–Crippen MR) is 64.3 cm³/mol. The quantitative estimate of drug-likeness (QED) is 0.639. The monoisotopic (exact) mass is 211 g/mol. The number of aromatic nitrogens is 3. The van der Waals surface area contributed by atoms with Gasteiger partial charge in [-0.3, -0.25) is 4.68 Å². The van der Waals surface area contributed by atoms with Crippen LogP contribution in [-0.2, 0) is 6.54 Å². The summed E-state index contributed by atoms with van der Waals surface area (Å²) in [5.41, 5.74) is 3.60. The zero-order valence-electron chi connectivity index (χ0n) is 9.17. The molecule has 0 unspecified atom stereocenters. The van der Waals surface area contributed by atoms with Crippen LogP contribution in [-0.4, -0.2) is 14.2 Å². The minimum atomic E-state index is 0.910. The highest BCUT2D eigenvalue weighted by Gasteiger charge is 2.03. The van der Waals surface area contributed by atoms with Gasteiger partial charge in [-0.1, -0.05) is 6.07 Å². The van der Waals surface area contributed by atoms with Crippen LogP contribution in [0.15, 0.2) is 49.1 Å². The SMILES string of the molecule is CCn1cc(-c2cc3ccccn3c2)cn1. The van der Waals surface area contributed by atoms with Gasteiger partial charge in [0.15, 0.2) is 0 Å². The molecule has 0 spiro atoms. The van der Waals surface area contributed by atoms with Gasteiger partial charge < -0.3 is 4.40 Å². The number of aryl methyl sites for hydroxylation is 1. The number of hydrogen-bond donors (Lipinski definition) is 0. The summed E-state index contributed by atoms with van der Waals surface area (Å²) in [6, 6.07) is 8.37. The molecule has 0 N–H and O–H groups in total. The summed E-state index contributed by atoms with van der Waals surface area (Å²) in [6.07, 6.45) is 8.18. The van der Waals surface area contributed by atoms with E-state index in [0.29, 0.717) is 0 Å². The number of pyridine rings is 1. The molecule has 16 heavy (non-hydrogen) atoms. The van der Waals surface area contributed by atoms with Crippen LogP contribution in [0.3, 0.4) is 0 Å². The van der Waals surface area contributed by atoms with Gasteiger partial charge >= 0.3 is 0 Å². The van der Waals surface area contributed by atoms with Gasteiger partial charge in [0.2, 0.25) is 0 Å². The summed E-state index contributed by atoms with van der Waals surface area (Å²) >= 11 is 0. The second-order valence-electron chi connectivity index (χ2n) is 3.85. The minimum absolute atomic E-state index is 0.910. The third kappa shape index (κ3) is 1.41. The Kier molecular flexibility index (Phi) is 2.03. The first kappa shape index (κ1) is 9.21. The van der Waals surface area contributed by atoms with Gasteiger partial charge in [-0.2, -0.15) is 5.10 Å². The van der Waals surface area contributed by atoms with Gasteiger partial charge in [0.1, 0.15) is 0 Å². The summed E-state index contributed by atoms with van der Waals surface area (Å²) in [5.74, 6) is 0. The standard InChI is InChI=1S/C13H13N3/c1-2-16-10-12(8-14-16)11-7-13-5-3-4-6-15(13)9-11/h3-10H,2H2,1H3. The molecule has 0 fully saturated rings. The van der Waals surface area contributed by atoms with E-state index < -0.39 is 0 Å². The van der Waals surface area contributed by atoms with Crippen molar-refractivity contribution >= 4 is 5.52 Å². The first-order valence-corrected chi connectivity index (χ1v) is 5.46. The van der Waals surface area contributed by atoms with Crippen LogP contribution < -0.4 is 0 Å². The molecule has 0 saturated heterocycles. The van der Waals surface area contributed by atoms with E-state index in [2.05, 4.69) is 53.2 Å². The zero-order valence-corrected chi connectivity index (χ0v) is 9.17. The van der Waals surface area contributed by atoms with Crippen molar-refractivity contribution in [3.05, 3.63) is 49.1 Å². The van der Waals surface area contributed by atoms with E-state index in [-0.39, 0.29) is 0 Å². The fraction of sp³-hybridized carbons (Fsp3) is 0.154. The van der Waals surface area contributed by atoms with Crippen molar-refractivity contribution in [2.75, 3.05) is 0 Å². The highest BCUT2D eigenvalue weighted by molar-refractivity contribution is 5.69. The van der Waals surface area contributed by atoms with E-state index in [9.17, 15) is 0 Å². The molecule has 3 heteroatoms. The number of fused-ring (bicyclic) bond motifs is 1. The summed E-state index contributed by atoms with van der Waals surface area (Å²) < 4.78 is 4.07. The average molecular weight is 211 g/mol. The highest BCUT2D eigenvalue weighted by atomic mass is 15.3. The molecule has 3 rings (SSSR count). The fourth-order valence-corrected chi connectivity index (χ4v) is 1.90. The Morgan fingerprint density at radius 3 is 2.88 bits per heavy atom. The van der Waals surface area contributed by atoms with Crippen molar-refractivity contribution in [3.63, 3.8) is 0 Å². The van der Waals surface area contributed by atoms with E-state index >= 15 is 0 Å². The van der Waals surface area contributed by atoms with Gasteiger partial charge in [-0.15, -0.1) is 0 Å². The van der Waals surface area contributed by atoms with E-state index in [4.69, 9.17) is 0 Å². The van der Waals surface area contributed by atoms with Gasteiger partial charge in [-0.05, 0) is 25.1 Å². The van der Waals surface area contributed by atoms with Crippen molar-refractivity contribution in [2.45, 2.75) is 13.5 Å². The Bertz CT molecular complexity index is 586. The second kappa shape index (κ2) is 3.52. The Labute approximate surface area is 93.9 Å². The lowest BCUT2D eigenvalue weighted by atomic mass is 10.2. The van der Waals surface area contributed by atoms with E-state index in [1.807, 2.05) is 16.9 Å². The molecule has 3 nitrogen and oxygen atoms in total. The van der Waals surface area contributed by atoms with E-state index in [0.717, 1.165) is 6.54 Å². The Hall–Kier alpha value is -2.03. The number of rotatable bonds is 2. The van der Waals surface area contributed by atoms with E-state index in [1.54, 1.807) is 0 Å². The van der Waals surface area contributed by atoms with Crippen LogP contribution in [0, 0.1) is 0 Å². The third-order valence-electron chi connectivity index (χ3n) is 2.80. The molecule has 0 radical (unpaired) electrons. The Morgan fingerprint density at radius 1 is 1.19 bits per heavy atom. The summed E-state index contributed by atoms with van der Waals surface area (Å²) in [5, 5.41) is 4.29. The van der Waals surface area contributed by atoms with Crippen molar-refractivity contribution < 1.29 is 0 Å². The first-order valence-electron chi connectivity index (χ1n) is 5.46. The lowest BCUT2D eigenvalue weighted by molar-refractivity contribution is 0.660. The topological polar surface area (TPSA) is 22.2 Å². The van der Waals surface area contributed by atoms with Crippen LogP contribution in [0.4, 0.5) is 0 Å². The maximum Gasteiger partial charge on any atom is 0.0568 e. The van der Waals surface area contributed by atoms with Crippen molar-refractivity contribution in [1.82, 2.24) is 14.2 Å². The van der Waals surface area contributed by atoms with E-state index in [1.165, 1.54) is 16.6 Å². The zero-order chi connectivity index (χ0) is 11.0. The van der Waals surface area contributed by atoms with Gasteiger partial charge in [0.25, 0.3) is 0 Å². The average Bonchev–Trinajstić information content (AvgIpc) is 2.95. The Balaban J connectivity index is 2.11. The van der Waals surface area contributed by atoms with Crippen molar-refractivity contribution in [1.29, 1.82) is 0 Å². The maximum atomic E-state index is 4.29. The predicted octanol–water partition coefficient (Wildman–Crippen LogP) is 2.82. The molecule has 0 aliphatic heterocycles. The summed E-state index contributed by atoms with van der Waals surface area (Å²) in [7, 11) is 0. The molecule has 0 aliphatic rings. The molecule has 0 amide bonds. The molecule has 0 aliphatic carbocycles. The first-order chi connectivity index (χ1) is 7.86. The lowest BCUT2D eigenvalue weighted by Crippen LogP contribution is -1.91. The van der Waals surface area contributed by atoms with Crippen LogP contribution in [0.2, 0.25) is 0 Å². The summed E-state index contributed by atoms with van der Waals surface area (Å²) in [6.45, 7) is 3.00. The molecule has 0 aromatic carbocycles. The second-order valence-corrected chi connectivity index (χ2v) is 3.85. The molecule has 0 atom stereocenters. The van der Waals surface area contributed by atoms with Gasteiger partial charge in [-0.25, -0.2) is 0 Å². The molecule has 0 saturated carbocycles. The van der Waals surface area contributed by atoms with Crippen LogP contribution in [0.1, 0.15) is 6.92 Å². The highest BCUT2D eigenvalue weighted by Crippen LogP contribution is 2.21. The summed E-state index contributed by atoms with van der Waals surface area (Å²) in [4.78, 5) is 0. The smallest absolute Gasteiger partial charge is 0.0568 e. The van der Waals surface area contributed by atoms with Crippen LogP contribution >= 0.6 is 0 Å². The Morgan fingerprint density at radius 2 is 2.12 bits per heavy atom. The van der Waals surface area contributed by atoms with Crippen molar-refractivity contribution in [2.24, 2.45) is 0 Å². The van der Waals surface area contributed by atoms with Crippen LogP contribution in [0.25, 0.3) is 16.6 Å². The molecule has 0 bridgehead atoms.